The lowest BCUT2D eigenvalue weighted by Crippen LogP contribution is -2.18. The van der Waals surface area contributed by atoms with Gasteiger partial charge in [-0.15, -0.1) is 0 Å². The zero-order chi connectivity index (χ0) is 21.8. The standard InChI is InChI=1S/C22H21N5O3S/c1-3-31(29,30)25-15-7-8-18-16(10-15)17-11-24-22(28)21-20(17)14(12-26(21)2)13-27(18)19-6-4-5-9-23-19/h4-12,25H,3,13H2,1-2H3,(H,24,28). The van der Waals surface area contributed by atoms with Crippen LogP contribution in [0.5, 0.6) is 0 Å². The number of aryl methyl sites for hydroxylation is 1. The molecule has 0 atom stereocenters. The molecule has 0 amide bonds. The van der Waals surface area contributed by atoms with E-state index in [9.17, 15) is 13.2 Å². The number of H-pyrrole nitrogens is 1. The first-order chi connectivity index (χ1) is 14.9. The summed E-state index contributed by atoms with van der Waals surface area (Å²) in [7, 11) is -1.58. The molecule has 0 spiro atoms. The normalized spacial score (nSPS) is 13.2. The van der Waals surface area contributed by atoms with Crippen molar-refractivity contribution in [1.29, 1.82) is 0 Å². The van der Waals surface area contributed by atoms with Crippen LogP contribution in [-0.4, -0.2) is 28.7 Å². The summed E-state index contributed by atoms with van der Waals surface area (Å²) in [6, 6.07) is 11.2. The van der Waals surface area contributed by atoms with E-state index in [1.54, 1.807) is 25.4 Å². The second-order valence-electron chi connectivity index (χ2n) is 7.53. The second kappa shape index (κ2) is 6.98. The predicted molar refractivity (Wildman–Crippen MR) is 122 cm³/mol. The molecular weight excluding hydrogens is 414 g/mol. The molecule has 0 saturated heterocycles. The van der Waals surface area contributed by atoms with Crippen LogP contribution in [0.3, 0.4) is 0 Å². The number of nitrogens with zero attached hydrogens (tertiary/aromatic N) is 3. The van der Waals surface area contributed by atoms with Gasteiger partial charge in [0.05, 0.1) is 18.0 Å². The van der Waals surface area contributed by atoms with Gasteiger partial charge in [0.2, 0.25) is 10.0 Å². The average molecular weight is 436 g/mol. The lowest BCUT2D eigenvalue weighted by atomic mass is 10.0. The van der Waals surface area contributed by atoms with Crippen molar-refractivity contribution in [3.63, 3.8) is 0 Å². The molecule has 0 unspecified atom stereocenters. The smallest absolute Gasteiger partial charge is 0.272 e. The predicted octanol–water partition coefficient (Wildman–Crippen LogP) is 3.34. The van der Waals surface area contributed by atoms with Gasteiger partial charge in [0.15, 0.2) is 0 Å². The van der Waals surface area contributed by atoms with Gasteiger partial charge in [-0.05, 0) is 42.8 Å². The Bertz CT molecular complexity index is 1470. The molecule has 0 radical (unpaired) electrons. The highest BCUT2D eigenvalue weighted by Gasteiger charge is 2.26. The van der Waals surface area contributed by atoms with E-state index in [0.717, 1.165) is 33.6 Å². The van der Waals surface area contributed by atoms with Crippen molar-refractivity contribution < 1.29 is 8.42 Å². The van der Waals surface area contributed by atoms with Gasteiger partial charge in [-0.3, -0.25) is 9.52 Å². The van der Waals surface area contributed by atoms with Gasteiger partial charge in [-0.1, -0.05) is 6.07 Å². The minimum Gasteiger partial charge on any atom is -0.346 e. The fourth-order valence-electron chi connectivity index (χ4n) is 4.15. The Morgan fingerprint density at radius 2 is 2.03 bits per heavy atom. The summed E-state index contributed by atoms with van der Waals surface area (Å²) in [6.07, 6.45) is 5.40. The third kappa shape index (κ3) is 3.17. The lowest BCUT2D eigenvalue weighted by Gasteiger charge is -2.25. The van der Waals surface area contributed by atoms with Crippen LogP contribution in [0.15, 0.2) is 59.8 Å². The maximum absolute atomic E-state index is 12.6. The van der Waals surface area contributed by atoms with Gasteiger partial charge >= 0.3 is 0 Å². The van der Waals surface area contributed by atoms with Gasteiger partial charge in [-0.2, -0.15) is 0 Å². The van der Waals surface area contributed by atoms with Crippen molar-refractivity contribution in [1.82, 2.24) is 14.5 Å². The van der Waals surface area contributed by atoms with Gasteiger partial charge in [0.25, 0.3) is 5.56 Å². The first-order valence-electron chi connectivity index (χ1n) is 9.91. The van der Waals surface area contributed by atoms with E-state index in [1.165, 1.54) is 0 Å². The van der Waals surface area contributed by atoms with E-state index in [-0.39, 0.29) is 11.3 Å². The Kier molecular flexibility index (Phi) is 4.37. The van der Waals surface area contributed by atoms with E-state index in [4.69, 9.17) is 0 Å². The molecule has 31 heavy (non-hydrogen) atoms. The molecule has 4 aromatic rings. The molecule has 9 heteroatoms. The largest absolute Gasteiger partial charge is 0.346 e. The Hall–Kier alpha value is -3.59. The highest BCUT2D eigenvalue weighted by atomic mass is 32.2. The SMILES string of the molecule is CCS(=O)(=O)Nc1ccc2c(c1)-c1c[nH]c(=O)c3c1c(cn3C)CN2c1ccccn1. The van der Waals surface area contributed by atoms with Crippen molar-refractivity contribution >= 4 is 38.1 Å². The molecule has 0 fully saturated rings. The van der Waals surface area contributed by atoms with Crippen molar-refractivity contribution in [2.24, 2.45) is 7.05 Å². The van der Waals surface area contributed by atoms with Gasteiger partial charge < -0.3 is 14.5 Å². The quantitative estimate of drug-likeness (QED) is 0.512. The third-order valence-corrected chi connectivity index (χ3v) is 6.88. The molecular formula is C22H21N5O3S. The maximum Gasteiger partial charge on any atom is 0.272 e. The van der Waals surface area contributed by atoms with Crippen LogP contribution in [0, 0.1) is 0 Å². The number of pyridine rings is 2. The van der Waals surface area contributed by atoms with E-state index in [0.29, 0.717) is 17.7 Å². The fourth-order valence-corrected chi connectivity index (χ4v) is 4.78. The third-order valence-electron chi connectivity index (χ3n) is 5.58. The summed E-state index contributed by atoms with van der Waals surface area (Å²) >= 11 is 0. The number of hydrogen-bond acceptors (Lipinski definition) is 5. The van der Waals surface area contributed by atoms with Gasteiger partial charge in [0, 0.05) is 47.8 Å². The Balaban J connectivity index is 1.81. The number of sulfonamides is 1. The number of hydrogen-bond donors (Lipinski definition) is 2. The molecule has 5 rings (SSSR count). The molecule has 158 valence electrons. The number of aromatic nitrogens is 3. The van der Waals surface area contributed by atoms with Crippen molar-refractivity contribution in [2.75, 3.05) is 15.4 Å². The molecule has 3 aromatic heterocycles. The zero-order valence-electron chi connectivity index (χ0n) is 17.1. The average Bonchev–Trinajstić information content (AvgIpc) is 3.03. The van der Waals surface area contributed by atoms with E-state index in [1.807, 2.05) is 48.1 Å². The molecule has 1 aliphatic heterocycles. The minimum atomic E-state index is -3.43. The minimum absolute atomic E-state index is 0.0180. The first kappa shape index (κ1) is 19.4. The summed E-state index contributed by atoms with van der Waals surface area (Å²) in [5, 5.41) is 0.862. The number of rotatable bonds is 4. The highest BCUT2D eigenvalue weighted by molar-refractivity contribution is 7.92. The molecule has 0 saturated carbocycles. The van der Waals surface area contributed by atoms with E-state index in [2.05, 4.69) is 19.6 Å². The number of nitrogens with one attached hydrogen (secondary N) is 2. The van der Waals surface area contributed by atoms with E-state index < -0.39 is 10.0 Å². The Morgan fingerprint density at radius 3 is 2.77 bits per heavy atom. The molecule has 1 aliphatic rings. The topological polar surface area (TPSA) is 100 Å². The zero-order valence-corrected chi connectivity index (χ0v) is 17.9. The fraction of sp³-hybridized carbons (Fsp3) is 0.182. The van der Waals surface area contributed by atoms with Crippen LogP contribution in [0.2, 0.25) is 0 Å². The second-order valence-corrected chi connectivity index (χ2v) is 9.54. The molecule has 0 bridgehead atoms. The van der Waals surface area contributed by atoms with Crippen LogP contribution in [0.1, 0.15) is 12.5 Å². The van der Waals surface area contributed by atoms with Crippen LogP contribution < -0.4 is 15.2 Å². The first-order valence-corrected chi connectivity index (χ1v) is 11.6. The number of fused-ring (bicyclic) bond motifs is 2. The Labute approximate surface area is 179 Å². The summed E-state index contributed by atoms with van der Waals surface area (Å²) in [5.74, 6) is 0.748. The lowest BCUT2D eigenvalue weighted by molar-refractivity contribution is 0.602. The molecule has 2 N–H and O–H groups in total. The summed E-state index contributed by atoms with van der Waals surface area (Å²) in [5.41, 5.74) is 4.43. The van der Waals surface area contributed by atoms with E-state index >= 15 is 0 Å². The number of aromatic amines is 1. The van der Waals surface area contributed by atoms with Crippen LogP contribution >= 0.6 is 0 Å². The van der Waals surface area contributed by atoms with Crippen LogP contribution in [0.4, 0.5) is 17.2 Å². The number of anilines is 3. The molecule has 0 aliphatic carbocycles. The van der Waals surface area contributed by atoms with Crippen molar-refractivity contribution in [2.45, 2.75) is 13.5 Å². The van der Waals surface area contributed by atoms with Gasteiger partial charge in [0.1, 0.15) is 11.3 Å². The maximum atomic E-state index is 12.6. The Morgan fingerprint density at radius 1 is 1.19 bits per heavy atom. The van der Waals surface area contributed by atoms with Crippen molar-refractivity contribution in [3.8, 4) is 11.1 Å². The van der Waals surface area contributed by atoms with Gasteiger partial charge in [-0.25, -0.2) is 13.4 Å². The monoisotopic (exact) mass is 435 g/mol. The number of benzene rings is 1. The molecule has 4 heterocycles. The highest BCUT2D eigenvalue weighted by Crippen LogP contribution is 2.44. The van der Waals surface area contributed by atoms with Crippen LogP contribution in [-0.2, 0) is 23.6 Å². The summed E-state index contributed by atoms with van der Waals surface area (Å²) < 4.78 is 28.7. The van der Waals surface area contributed by atoms with Crippen LogP contribution in [0.25, 0.3) is 22.0 Å². The molecule has 1 aromatic carbocycles. The molecule has 8 nitrogen and oxygen atoms in total. The van der Waals surface area contributed by atoms with Crippen molar-refractivity contribution in [3.05, 3.63) is 70.9 Å². The summed E-state index contributed by atoms with van der Waals surface area (Å²) in [4.78, 5) is 22.0. The summed E-state index contributed by atoms with van der Waals surface area (Å²) in [6.45, 7) is 2.12.